The van der Waals surface area contributed by atoms with Gasteiger partial charge >= 0.3 is 0 Å². The van der Waals surface area contributed by atoms with Gasteiger partial charge in [-0.05, 0) is 72.5 Å². The monoisotopic (exact) mass is 904 g/mol. The number of hydrogen-bond donors (Lipinski definition) is 7. The van der Waals surface area contributed by atoms with Crippen molar-refractivity contribution in [2.24, 2.45) is 0 Å². The molecule has 0 saturated carbocycles. The standard InChI is InChI=1S/C18H16O5.2C18H16O4/c1-10(21)7-11-3-2-4-13-16(22)14-6-5-12(8-19)15(9-20)18(14)23-17(11)13;1-10(20)8-12-4-3-5-14-16(21)15-7-6-13(9-19)11(2)17(15)22-18(12)14;1-10-6-7-14-16(21)13-5-3-4-12(8-11(2)20)17(13)22-18(14)15(10)9-19/h2-6,19-21H,1,7-9H2;3-7,19-20H,1,8-9H2,2H3;3-7,19-20H,2,8-9H2,1H3. The number of benzene rings is 6. The van der Waals surface area contributed by atoms with Crippen LogP contribution in [0.5, 0.6) is 0 Å². The van der Waals surface area contributed by atoms with Gasteiger partial charge < -0.3 is 49.0 Å². The van der Waals surface area contributed by atoms with Crippen molar-refractivity contribution in [1.29, 1.82) is 0 Å². The lowest BCUT2D eigenvalue weighted by molar-refractivity contribution is 0.260. The second kappa shape index (κ2) is 19.7. The fourth-order valence-corrected chi connectivity index (χ4v) is 8.19. The topological polar surface area (TPSA) is 232 Å². The van der Waals surface area contributed by atoms with Crippen LogP contribution in [0.25, 0.3) is 65.8 Å². The molecule has 0 saturated heterocycles. The normalized spacial score (nSPS) is 11.2. The van der Waals surface area contributed by atoms with Crippen LogP contribution in [-0.2, 0) is 45.7 Å². The molecule has 0 aliphatic carbocycles. The summed E-state index contributed by atoms with van der Waals surface area (Å²) in [4.78, 5) is 38.1. The van der Waals surface area contributed by atoms with Crippen molar-refractivity contribution in [3.63, 3.8) is 0 Å². The summed E-state index contributed by atoms with van der Waals surface area (Å²) in [5.41, 5.74) is 7.74. The van der Waals surface area contributed by atoms with E-state index < -0.39 is 0 Å². The van der Waals surface area contributed by atoms with E-state index in [2.05, 4.69) is 19.7 Å². The minimum Gasteiger partial charge on any atom is -0.513 e. The molecule has 3 aromatic heterocycles. The SMILES string of the molecule is C=C(O)Cc1cccc2c(=O)c3ccc(C)c(CO)c3oc12.C=C(O)Cc1cccc2c(=O)c3ccc(CO)c(C)c3oc12.C=C(O)Cc1cccc2c(=O)c3ccc(CO)c(CO)c3oc12. The van der Waals surface area contributed by atoms with E-state index in [9.17, 15) is 50.1 Å². The zero-order valence-electron chi connectivity index (χ0n) is 36.8. The van der Waals surface area contributed by atoms with Gasteiger partial charge in [-0.25, -0.2) is 0 Å². The number of fused-ring (bicyclic) bond motifs is 6. The summed E-state index contributed by atoms with van der Waals surface area (Å²) in [6, 6.07) is 25.7. The van der Waals surface area contributed by atoms with Gasteiger partial charge in [-0.2, -0.15) is 0 Å². The minimum atomic E-state index is -0.351. The summed E-state index contributed by atoms with van der Waals surface area (Å²) in [5, 5.41) is 68.9. The van der Waals surface area contributed by atoms with Crippen LogP contribution in [0.15, 0.2) is 156 Å². The Labute approximate surface area is 382 Å². The number of para-hydroxylation sites is 3. The minimum absolute atomic E-state index is 0.00173. The van der Waals surface area contributed by atoms with Crippen LogP contribution in [0.3, 0.4) is 0 Å². The molecule has 0 radical (unpaired) electrons. The van der Waals surface area contributed by atoms with Crippen LogP contribution >= 0.6 is 0 Å². The molecule has 13 heteroatoms. The van der Waals surface area contributed by atoms with E-state index >= 15 is 0 Å². The first-order chi connectivity index (χ1) is 32.1. The largest absolute Gasteiger partial charge is 0.513 e. The Balaban J connectivity index is 0.000000149. The van der Waals surface area contributed by atoms with Crippen molar-refractivity contribution in [1.82, 2.24) is 0 Å². The van der Waals surface area contributed by atoms with Gasteiger partial charge in [-0.3, -0.25) is 14.4 Å². The predicted octanol–water partition coefficient (Wildman–Crippen LogP) is 9.27. The molecule has 9 rings (SSSR count). The Kier molecular flexibility index (Phi) is 13.9. The fraction of sp³-hybridized carbons (Fsp3) is 0.167. The molecule has 67 heavy (non-hydrogen) atoms. The highest BCUT2D eigenvalue weighted by molar-refractivity contribution is 5.95. The Morgan fingerprint density at radius 3 is 1.13 bits per heavy atom. The lowest BCUT2D eigenvalue weighted by atomic mass is 10.0. The molecule has 0 bridgehead atoms. The average Bonchev–Trinajstić information content (AvgIpc) is 3.30. The number of aliphatic hydroxyl groups is 7. The number of allylic oxidation sites excluding steroid dienone is 3. The van der Waals surface area contributed by atoms with E-state index in [1.165, 1.54) is 0 Å². The summed E-state index contributed by atoms with van der Waals surface area (Å²) in [7, 11) is 0. The number of aryl methyl sites for hydroxylation is 2. The highest BCUT2D eigenvalue weighted by atomic mass is 16.3. The second-order valence-corrected chi connectivity index (χ2v) is 16.1. The zero-order valence-corrected chi connectivity index (χ0v) is 36.8. The first-order valence-corrected chi connectivity index (χ1v) is 21.1. The summed E-state index contributed by atoms with van der Waals surface area (Å²) in [6.07, 6.45) is 0.608. The molecule has 0 atom stereocenters. The van der Waals surface area contributed by atoms with E-state index in [-0.39, 0.29) is 84.8 Å². The van der Waals surface area contributed by atoms with Gasteiger partial charge in [0.1, 0.15) is 33.5 Å². The lowest BCUT2D eigenvalue weighted by Crippen LogP contribution is -2.07. The molecular formula is C54H48O13. The maximum absolute atomic E-state index is 12.7. The van der Waals surface area contributed by atoms with Crippen LogP contribution < -0.4 is 16.3 Å². The summed E-state index contributed by atoms with van der Waals surface area (Å²) < 4.78 is 17.8. The molecule has 13 nitrogen and oxygen atoms in total. The van der Waals surface area contributed by atoms with Gasteiger partial charge in [0.2, 0.25) is 16.3 Å². The van der Waals surface area contributed by atoms with Gasteiger partial charge in [0.05, 0.1) is 76.0 Å². The summed E-state index contributed by atoms with van der Waals surface area (Å²) >= 11 is 0. The van der Waals surface area contributed by atoms with Gasteiger partial charge in [0.15, 0.2) is 0 Å². The first-order valence-electron chi connectivity index (χ1n) is 21.1. The third kappa shape index (κ3) is 9.22. The van der Waals surface area contributed by atoms with Crippen LogP contribution in [0.2, 0.25) is 0 Å². The predicted molar refractivity (Wildman–Crippen MR) is 260 cm³/mol. The molecule has 3 heterocycles. The maximum atomic E-state index is 12.7. The number of hydrogen-bond acceptors (Lipinski definition) is 13. The van der Waals surface area contributed by atoms with Gasteiger partial charge in [0.25, 0.3) is 0 Å². The molecule has 0 spiro atoms. The third-order valence-corrected chi connectivity index (χ3v) is 11.6. The number of rotatable bonds is 10. The molecule has 0 fully saturated rings. The Hall–Kier alpha value is -7.81. The highest BCUT2D eigenvalue weighted by Crippen LogP contribution is 2.30. The van der Waals surface area contributed by atoms with Crippen molar-refractivity contribution in [2.45, 2.75) is 59.5 Å². The van der Waals surface area contributed by atoms with Crippen LogP contribution in [0, 0.1) is 13.8 Å². The van der Waals surface area contributed by atoms with Gasteiger partial charge in [0, 0.05) is 47.1 Å². The molecule has 342 valence electrons. The molecule has 7 N–H and O–H groups in total. The quantitative estimate of drug-likeness (QED) is 0.0502. The van der Waals surface area contributed by atoms with E-state index in [0.717, 1.165) is 16.7 Å². The van der Waals surface area contributed by atoms with E-state index in [4.69, 9.17) is 13.3 Å². The van der Waals surface area contributed by atoms with Crippen molar-refractivity contribution in [3.05, 3.63) is 209 Å². The molecule has 0 amide bonds. The van der Waals surface area contributed by atoms with Crippen LogP contribution in [0.1, 0.15) is 50.1 Å². The fourth-order valence-electron chi connectivity index (χ4n) is 8.19. The molecule has 6 aromatic carbocycles. The molecule has 0 unspecified atom stereocenters. The summed E-state index contributed by atoms with van der Waals surface area (Å²) in [6.45, 7) is 13.2. The van der Waals surface area contributed by atoms with E-state index in [1.54, 1.807) is 91.0 Å². The maximum Gasteiger partial charge on any atom is 0.200 e. The van der Waals surface area contributed by atoms with Crippen molar-refractivity contribution >= 4 is 65.8 Å². The van der Waals surface area contributed by atoms with Gasteiger partial charge in [-0.1, -0.05) is 74.3 Å². The molecule has 0 aliphatic heterocycles. The van der Waals surface area contributed by atoms with Crippen molar-refractivity contribution < 1.29 is 49.0 Å². The summed E-state index contributed by atoms with van der Waals surface area (Å²) in [5.74, 6) is -0.0234. The Morgan fingerprint density at radius 1 is 0.403 bits per heavy atom. The molecular weight excluding hydrogens is 857 g/mol. The Morgan fingerprint density at radius 2 is 0.746 bits per heavy atom. The Bertz CT molecular complexity index is 3630. The highest BCUT2D eigenvalue weighted by Gasteiger charge is 2.18. The molecule has 0 aliphatic rings. The zero-order chi connectivity index (χ0) is 48.3. The van der Waals surface area contributed by atoms with Gasteiger partial charge in [-0.15, -0.1) is 0 Å². The van der Waals surface area contributed by atoms with E-state index in [0.29, 0.717) is 93.6 Å². The second-order valence-electron chi connectivity index (χ2n) is 16.1. The lowest BCUT2D eigenvalue weighted by Gasteiger charge is -2.11. The third-order valence-electron chi connectivity index (χ3n) is 11.6. The molecule has 9 aromatic rings. The van der Waals surface area contributed by atoms with Crippen LogP contribution in [-0.4, -0.2) is 35.7 Å². The average molecular weight is 905 g/mol. The number of aliphatic hydroxyl groups excluding tert-OH is 7. The smallest absolute Gasteiger partial charge is 0.200 e. The van der Waals surface area contributed by atoms with Crippen molar-refractivity contribution in [3.8, 4) is 0 Å². The van der Waals surface area contributed by atoms with E-state index in [1.807, 2.05) is 13.8 Å². The van der Waals surface area contributed by atoms with Crippen molar-refractivity contribution in [2.75, 3.05) is 0 Å². The first kappa shape index (κ1) is 47.2. The van der Waals surface area contributed by atoms with Crippen LogP contribution in [0.4, 0.5) is 0 Å².